The molecule has 1 N–H and O–H groups in total. The molecular formula is C12H14Cl3F5N2. The molecule has 1 saturated heterocycles. The lowest BCUT2D eigenvalue weighted by Crippen LogP contribution is -2.49. The van der Waals surface area contributed by atoms with Gasteiger partial charge < -0.3 is 5.32 Å². The van der Waals surface area contributed by atoms with Crippen LogP contribution in [0.5, 0.6) is 0 Å². The van der Waals surface area contributed by atoms with E-state index < -0.39 is 29.4 Å². The quantitative estimate of drug-likeness (QED) is 0.773. The van der Waals surface area contributed by atoms with Gasteiger partial charge >= 0.3 is 6.18 Å². The van der Waals surface area contributed by atoms with Crippen molar-refractivity contribution in [1.29, 1.82) is 0 Å². The predicted octanol–water partition coefficient (Wildman–Crippen LogP) is 3.97. The van der Waals surface area contributed by atoms with E-state index in [1.165, 1.54) is 0 Å². The highest BCUT2D eigenvalue weighted by molar-refractivity contribution is 6.30. The summed E-state index contributed by atoms with van der Waals surface area (Å²) in [6.07, 6.45) is -4.77. The van der Waals surface area contributed by atoms with Crippen LogP contribution in [0.3, 0.4) is 0 Å². The third kappa shape index (κ3) is 4.83. The lowest BCUT2D eigenvalue weighted by molar-refractivity contribution is -0.189. The van der Waals surface area contributed by atoms with Crippen LogP contribution in [0.15, 0.2) is 12.1 Å². The van der Waals surface area contributed by atoms with Crippen molar-refractivity contribution >= 4 is 36.4 Å². The maximum atomic E-state index is 13.8. The van der Waals surface area contributed by atoms with Crippen LogP contribution in [0.2, 0.25) is 5.02 Å². The van der Waals surface area contributed by atoms with Crippen molar-refractivity contribution in [1.82, 2.24) is 10.2 Å². The molecule has 2 nitrogen and oxygen atoms in total. The first kappa shape index (κ1) is 21.7. The molecule has 10 heteroatoms. The molecule has 1 aliphatic heterocycles. The molecule has 1 aromatic carbocycles. The van der Waals surface area contributed by atoms with Crippen molar-refractivity contribution in [2.75, 3.05) is 26.2 Å². The summed E-state index contributed by atoms with van der Waals surface area (Å²) in [5.74, 6) is -2.56. The molecule has 0 bridgehead atoms. The number of benzene rings is 1. The van der Waals surface area contributed by atoms with Gasteiger partial charge in [0.05, 0.1) is 0 Å². The molecular weight excluding hydrogens is 373 g/mol. The van der Waals surface area contributed by atoms with E-state index in [4.69, 9.17) is 11.6 Å². The number of alkyl halides is 3. The van der Waals surface area contributed by atoms with Gasteiger partial charge in [0, 0.05) is 36.8 Å². The fourth-order valence-electron chi connectivity index (χ4n) is 2.31. The summed E-state index contributed by atoms with van der Waals surface area (Å²) in [7, 11) is 0. The van der Waals surface area contributed by atoms with E-state index in [2.05, 4.69) is 5.32 Å². The Balaban J connectivity index is 0.00000220. The van der Waals surface area contributed by atoms with Crippen molar-refractivity contribution in [3.63, 3.8) is 0 Å². The van der Waals surface area contributed by atoms with E-state index >= 15 is 0 Å². The summed E-state index contributed by atoms with van der Waals surface area (Å²) in [4.78, 5) is 1.02. The number of hydrogen-bond donors (Lipinski definition) is 1. The van der Waals surface area contributed by atoms with Crippen LogP contribution in [0.25, 0.3) is 0 Å². The average molecular weight is 388 g/mol. The second-order valence-electron chi connectivity index (χ2n) is 4.51. The zero-order valence-electron chi connectivity index (χ0n) is 11.1. The van der Waals surface area contributed by atoms with E-state index in [0.29, 0.717) is 25.2 Å². The molecule has 0 spiro atoms. The maximum absolute atomic E-state index is 13.8. The van der Waals surface area contributed by atoms with Gasteiger partial charge in [0.25, 0.3) is 0 Å². The highest BCUT2D eigenvalue weighted by Crippen LogP contribution is 2.40. The zero-order valence-corrected chi connectivity index (χ0v) is 13.5. The number of nitrogens with zero attached hydrogens (tertiary/aromatic N) is 1. The van der Waals surface area contributed by atoms with Gasteiger partial charge in [-0.05, 0) is 12.1 Å². The Labute approximate surface area is 141 Å². The standard InChI is InChI=1S/C12H12ClF5N2.2ClH/c13-7-5-8(14)10(9(15)6-7)11(12(16,17)18)20-3-1-19-2-4-20;;/h5-6,11,19H,1-4H2;2*1H/t11-;;/m1../s1. The monoisotopic (exact) mass is 386 g/mol. The molecule has 0 amide bonds. The second-order valence-corrected chi connectivity index (χ2v) is 4.95. The molecule has 0 unspecified atom stereocenters. The molecule has 0 aliphatic carbocycles. The van der Waals surface area contributed by atoms with Gasteiger partial charge in [0.15, 0.2) is 0 Å². The summed E-state index contributed by atoms with van der Waals surface area (Å²) in [6, 6.07) is -0.913. The maximum Gasteiger partial charge on any atom is 0.408 e. The predicted molar refractivity (Wildman–Crippen MR) is 79.1 cm³/mol. The molecule has 0 radical (unpaired) electrons. The average Bonchev–Trinajstić information content (AvgIpc) is 2.33. The van der Waals surface area contributed by atoms with E-state index in [-0.39, 0.29) is 42.9 Å². The first-order valence-electron chi connectivity index (χ1n) is 5.96. The van der Waals surface area contributed by atoms with Gasteiger partial charge in [-0.15, -0.1) is 24.8 Å². The van der Waals surface area contributed by atoms with Gasteiger partial charge in [-0.1, -0.05) is 11.6 Å². The molecule has 0 saturated carbocycles. The van der Waals surface area contributed by atoms with Crippen molar-refractivity contribution in [2.24, 2.45) is 0 Å². The van der Waals surface area contributed by atoms with Crippen molar-refractivity contribution in [3.05, 3.63) is 34.4 Å². The second kappa shape index (κ2) is 8.49. The fraction of sp³-hybridized carbons (Fsp3) is 0.500. The number of nitrogens with one attached hydrogen (secondary N) is 1. The summed E-state index contributed by atoms with van der Waals surface area (Å²) < 4.78 is 67.2. The van der Waals surface area contributed by atoms with Gasteiger partial charge in [-0.25, -0.2) is 8.78 Å². The van der Waals surface area contributed by atoms with Gasteiger partial charge in [-0.3, -0.25) is 4.90 Å². The minimum atomic E-state index is -4.77. The van der Waals surface area contributed by atoms with E-state index in [1.807, 2.05) is 0 Å². The Hall–Kier alpha value is -0.340. The smallest absolute Gasteiger partial charge is 0.314 e. The SMILES string of the molecule is Cl.Cl.Fc1cc(Cl)cc(F)c1[C@@H](N1CCNCC1)C(F)(F)F. The van der Waals surface area contributed by atoms with E-state index in [9.17, 15) is 22.0 Å². The minimum absolute atomic E-state index is 0. The normalized spacial score (nSPS) is 17.4. The lowest BCUT2D eigenvalue weighted by atomic mass is 10.0. The molecule has 1 fully saturated rings. The van der Waals surface area contributed by atoms with Gasteiger partial charge in [0.2, 0.25) is 0 Å². The van der Waals surface area contributed by atoms with Crippen molar-refractivity contribution < 1.29 is 22.0 Å². The van der Waals surface area contributed by atoms with Crippen LogP contribution >= 0.6 is 36.4 Å². The van der Waals surface area contributed by atoms with Crippen LogP contribution in [0.1, 0.15) is 11.6 Å². The largest absolute Gasteiger partial charge is 0.408 e. The Kier molecular flexibility index (Phi) is 8.36. The molecule has 128 valence electrons. The highest BCUT2D eigenvalue weighted by atomic mass is 35.5. The van der Waals surface area contributed by atoms with Gasteiger partial charge in [0.1, 0.15) is 17.7 Å². The molecule has 2 rings (SSSR count). The number of piperazine rings is 1. The number of rotatable bonds is 2. The lowest BCUT2D eigenvalue weighted by Gasteiger charge is -2.36. The molecule has 1 aliphatic rings. The van der Waals surface area contributed by atoms with Crippen LogP contribution < -0.4 is 5.32 Å². The Bertz CT molecular complexity index is 469. The van der Waals surface area contributed by atoms with Crippen molar-refractivity contribution in [2.45, 2.75) is 12.2 Å². The third-order valence-corrected chi connectivity index (χ3v) is 3.36. The van der Waals surface area contributed by atoms with Crippen molar-refractivity contribution in [3.8, 4) is 0 Å². The van der Waals surface area contributed by atoms with E-state index in [1.54, 1.807) is 0 Å². The fourth-order valence-corrected chi connectivity index (χ4v) is 2.50. The Morgan fingerprint density at radius 2 is 1.50 bits per heavy atom. The molecule has 1 atom stereocenters. The summed E-state index contributed by atoms with van der Waals surface area (Å²) in [6.45, 7) is 0.796. The number of hydrogen-bond acceptors (Lipinski definition) is 2. The zero-order chi connectivity index (χ0) is 14.9. The third-order valence-electron chi connectivity index (χ3n) is 3.14. The summed E-state index contributed by atoms with van der Waals surface area (Å²) in [5, 5.41) is 2.62. The summed E-state index contributed by atoms with van der Waals surface area (Å²) >= 11 is 5.44. The Morgan fingerprint density at radius 3 is 1.91 bits per heavy atom. The van der Waals surface area contributed by atoms with Crippen LogP contribution in [-0.4, -0.2) is 37.3 Å². The van der Waals surface area contributed by atoms with E-state index in [0.717, 1.165) is 4.90 Å². The topological polar surface area (TPSA) is 15.3 Å². The van der Waals surface area contributed by atoms with Crippen LogP contribution in [0, 0.1) is 11.6 Å². The number of halogens is 8. The van der Waals surface area contributed by atoms with Crippen LogP contribution in [-0.2, 0) is 0 Å². The molecule has 1 heterocycles. The van der Waals surface area contributed by atoms with Crippen LogP contribution in [0.4, 0.5) is 22.0 Å². The van der Waals surface area contributed by atoms with Gasteiger partial charge in [-0.2, -0.15) is 13.2 Å². The molecule has 22 heavy (non-hydrogen) atoms. The molecule has 1 aromatic rings. The Morgan fingerprint density at radius 1 is 1.05 bits per heavy atom. The first-order valence-corrected chi connectivity index (χ1v) is 6.34. The summed E-state index contributed by atoms with van der Waals surface area (Å²) in [5.41, 5.74) is -0.996. The first-order chi connectivity index (χ1) is 9.30. The molecule has 0 aromatic heterocycles. The minimum Gasteiger partial charge on any atom is -0.314 e. The highest BCUT2D eigenvalue weighted by Gasteiger charge is 2.47.